The molecule has 0 spiro atoms. The highest BCUT2D eigenvalue weighted by atomic mass is 32.1. The van der Waals surface area contributed by atoms with Crippen molar-refractivity contribution in [2.45, 2.75) is 32.0 Å². The summed E-state index contributed by atoms with van der Waals surface area (Å²) in [6.45, 7) is 2.81. The molecular weight excluding hydrogens is 400 g/mol. The highest BCUT2D eigenvalue weighted by Gasteiger charge is 2.48. The summed E-state index contributed by atoms with van der Waals surface area (Å²) in [6, 6.07) is 10.3. The summed E-state index contributed by atoms with van der Waals surface area (Å²) in [6.07, 6.45) is 5.19. The number of rotatable bonds is 5. The Hall–Kier alpha value is -2.90. The zero-order chi connectivity index (χ0) is 20.8. The normalized spacial score (nSPS) is 21.8. The van der Waals surface area contributed by atoms with Gasteiger partial charge in [0, 0.05) is 35.0 Å². The molecule has 30 heavy (non-hydrogen) atoms. The molecule has 0 bridgehead atoms. The van der Waals surface area contributed by atoms with Gasteiger partial charge in [-0.1, -0.05) is 18.2 Å². The van der Waals surface area contributed by atoms with Gasteiger partial charge in [-0.3, -0.25) is 14.6 Å². The third-order valence-electron chi connectivity index (χ3n) is 5.98. The van der Waals surface area contributed by atoms with E-state index in [2.05, 4.69) is 23.1 Å². The summed E-state index contributed by atoms with van der Waals surface area (Å²) in [4.78, 5) is 30.0. The van der Waals surface area contributed by atoms with Crippen molar-refractivity contribution in [1.82, 2.24) is 9.80 Å². The molecule has 1 fully saturated rings. The third-order valence-corrected chi connectivity index (χ3v) is 7.16. The van der Waals surface area contributed by atoms with E-state index in [0.29, 0.717) is 6.42 Å². The lowest BCUT2D eigenvalue weighted by Crippen LogP contribution is -2.52. The molecule has 7 heteroatoms. The Bertz CT molecular complexity index is 1080. The maximum atomic E-state index is 12.4. The van der Waals surface area contributed by atoms with Crippen LogP contribution in [0, 0.1) is 0 Å². The molecule has 1 aromatic heterocycles. The fourth-order valence-electron chi connectivity index (χ4n) is 4.44. The first-order valence-electron chi connectivity index (χ1n) is 9.99. The van der Waals surface area contributed by atoms with E-state index in [1.807, 2.05) is 18.2 Å². The molecule has 3 aliphatic rings. The molecule has 154 valence electrons. The fraction of sp³-hybridized carbons (Fsp3) is 0.304. The van der Waals surface area contributed by atoms with Gasteiger partial charge in [-0.25, -0.2) is 4.79 Å². The Balaban J connectivity index is 1.27. The van der Waals surface area contributed by atoms with Crippen LogP contribution in [0.1, 0.15) is 27.3 Å². The van der Waals surface area contributed by atoms with Gasteiger partial charge in [-0.2, -0.15) is 0 Å². The molecule has 6 nitrogen and oxygen atoms in total. The lowest BCUT2D eigenvalue weighted by molar-refractivity contribution is -0.142. The second-order valence-corrected chi connectivity index (χ2v) is 9.00. The Kier molecular flexibility index (Phi) is 4.72. The number of methoxy groups -OCH3 is 1. The number of hydrogen-bond acceptors (Lipinski definition) is 5. The number of carbonyl (C=O) groups excluding carboxylic acids is 1. The Morgan fingerprint density at radius 2 is 2.13 bits per heavy atom. The van der Waals surface area contributed by atoms with Crippen LogP contribution in [-0.4, -0.2) is 46.5 Å². The second kappa shape index (κ2) is 7.41. The lowest BCUT2D eigenvalue weighted by Gasteiger charge is -2.38. The minimum absolute atomic E-state index is 0.113. The summed E-state index contributed by atoms with van der Waals surface area (Å²) in [5.74, 6) is -0.348. The van der Waals surface area contributed by atoms with Crippen molar-refractivity contribution in [2.75, 3.05) is 13.7 Å². The number of aliphatic carboxylic acids is 1. The molecule has 1 N–H and O–H groups in total. The zero-order valence-electron chi connectivity index (χ0n) is 16.6. The predicted octanol–water partition coefficient (Wildman–Crippen LogP) is 3.28. The summed E-state index contributed by atoms with van der Waals surface area (Å²) in [5.41, 5.74) is 3.42. The average Bonchev–Trinajstić information content (AvgIpc) is 3.34. The fourth-order valence-corrected chi connectivity index (χ4v) is 5.56. The van der Waals surface area contributed by atoms with E-state index in [0.717, 1.165) is 42.3 Å². The van der Waals surface area contributed by atoms with Crippen LogP contribution in [0.25, 0.3) is 6.08 Å². The maximum absolute atomic E-state index is 12.4. The number of benzene rings is 1. The van der Waals surface area contributed by atoms with Gasteiger partial charge in [0.2, 0.25) is 0 Å². The largest absolute Gasteiger partial charge is 0.497 e. The van der Waals surface area contributed by atoms with Crippen molar-refractivity contribution in [3.8, 4) is 5.75 Å². The van der Waals surface area contributed by atoms with Crippen LogP contribution in [0.4, 0.5) is 0 Å². The summed E-state index contributed by atoms with van der Waals surface area (Å²) < 4.78 is 5.23. The molecule has 1 aromatic carbocycles. The topological polar surface area (TPSA) is 70.1 Å². The smallest absolute Gasteiger partial charge is 0.352 e. The van der Waals surface area contributed by atoms with Gasteiger partial charge in [0.15, 0.2) is 0 Å². The van der Waals surface area contributed by atoms with E-state index in [9.17, 15) is 14.7 Å². The van der Waals surface area contributed by atoms with Crippen molar-refractivity contribution in [2.24, 2.45) is 0 Å². The van der Waals surface area contributed by atoms with Crippen molar-refractivity contribution < 1.29 is 19.4 Å². The molecule has 5 rings (SSSR count). The summed E-state index contributed by atoms with van der Waals surface area (Å²) in [7, 11) is 1.67. The highest BCUT2D eigenvalue weighted by molar-refractivity contribution is 7.13. The first-order valence-corrected chi connectivity index (χ1v) is 10.8. The van der Waals surface area contributed by atoms with Gasteiger partial charge in [0.05, 0.1) is 13.2 Å². The van der Waals surface area contributed by atoms with E-state index in [-0.39, 0.29) is 17.6 Å². The number of hydrogen-bond donors (Lipinski definition) is 1. The summed E-state index contributed by atoms with van der Waals surface area (Å²) in [5, 5.41) is 9.21. The molecule has 0 saturated carbocycles. The van der Waals surface area contributed by atoms with E-state index in [1.54, 1.807) is 24.5 Å². The SMILES string of the molecule is COc1ccc(CN2CCc3sc(/C=C4/C(=O)N5C(C(=O)O)=CCC45)cc3C2)cc1. The molecule has 2 aromatic rings. The van der Waals surface area contributed by atoms with E-state index in [4.69, 9.17) is 4.74 Å². The predicted molar refractivity (Wildman–Crippen MR) is 114 cm³/mol. The minimum Gasteiger partial charge on any atom is -0.497 e. The van der Waals surface area contributed by atoms with Gasteiger partial charge in [-0.05, 0) is 48.2 Å². The average molecular weight is 423 g/mol. The number of nitrogens with zero attached hydrogens (tertiary/aromatic N) is 2. The number of thiophene rings is 1. The Morgan fingerprint density at radius 1 is 1.33 bits per heavy atom. The van der Waals surface area contributed by atoms with Gasteiger partial charge >= 0.3 is 5.97 Å². The monoisotopic (exact) mass is 422 g/mol. The van der Waals surface area contributed by atoms with Crippen LogP contribution in [-0.2, 0) is 29.1 Å². The van der Waals surface area contributed by atoms with Crippen LogP contribution < -0.4 is 4.74 Å². The van der Waals surface area contributed by atoms with Crippen LogP contribution in [0.15, 0.2) is 47.7 Å². The van der Waals surface area contributed by atoms with Crippen LogP contribution in [0.5, 0.6) is 5.75 Å². The van der Waals surface area contributed by atoms with Crippen LogP contribution in [0.2, 0.25) is 0 Å². The number of amides is 1. The molecule has 1 saturated heterocycles. The van der Waals surface area contributed by atoms with Crippen molar-refractivity contribution in [3.05, 3.63) is 68.6 Å². The maximum Gasteiger partial charge on any atom is 0.352 e. The van der Waals surface area contributed by atoms with E-state index < -0.39 is 5.97 Å². The second-order valence-electron chi connectivity index (χ2n) is 7.83. The molecule has 1 amide bonds. The van der Waals surface area contributed by atoms with Gasteiger partial charge in [0.1, 0.15) is 11.4 Å². The third kappa shape index (κ3) is 3.24. The number of carboxylic acids is 1. The van der Waals surface area contributed by atoms with Crippen molar-refractivity contribution in [1.29, 1.82) is 0 Å². The minimum atomic E-state index is -1.03. The number of ether oxygens (including phenoxy) is 1. The van der Waals surface area contributed by atoms with Gasteiger partial charge in [-0.15, -0.1) is 11.3 Å². The van der Waals surface area contributed by atoms with E-state index >= 15 is 0 Å². The molecule has 0 radical (unpaired) electrons. The number of carbonyl (C=O) groups is 2. The van der Waals surface area contributed by atoms with Gasteiger partial charge in [0.25, 0.3) is 5.91 Å². The number of carboxylic acid groups (broad SMARTS) is 1. The first kappa shape index (κ1) is 19.1. The standard InChI is InChI=1S/C23H22N2O4S/c1-29-16-4-2-14(3-5-16)12-24-9-8-21-15(13-24)10-17(30-21)11-18-19-6-7-20(23(27)28)25(19)22(18)26/h2-5,7,10-11,19H,6,8-9,12-13H2,1H3,(H,27,28)/b18-11+. The van der Waals surface area contributed by atoms with Crippen molar-refractivity contribution >= 4 is 29.3 Å². The molecule has 4 heterocycles. The van der Waals surface area contributed by atoms with Crippen molar-refractivity contribution in [3.63, 3.8) is 0 Å². The van der Waals surface area contributed by atoms with Crippen LogP contribution >= 0.6 is 11.3 Å². The first-order chi connectivity index (χ1) is 14.5. The Morgan fingerprint density at radius 3 is 2.87 bits per heavy atom. The molecular formula is C23H22N2O4S. The van der Waals surface area contributed by atoms with E-state index in [1.165, 1.54) is 20.9 Å². The van der Waals surface area contributed by atoms with Gasteiger partial charge < -0.3 is 9.84 Å². The summed E-state index contributed by atoms with van der Waals surface area (Å²) >= 11 is 1.75. The number of β-lactam (4-membered cyclic amide) rings is 1. The highest BCUT2D eigenvalue weighted by Crippen LogP contribution is 2.40. The number of fused-ring (bicyclic) bond motifs is 2. The molecule has 1 atom stereocenters. The Labute approximate surface area is 178 Å². The quantitative estimate of drug-likeness (QED) is 0.592. The van der Waals surface area contributed by atoms with Crippen LogP contribution in [0.3, 0.4) is 0 Å². The zero-order valence-corrected chi connectivity index (χ0v) is 17.4. The molecule has 1 unspecified atom stereocenters. The lowest BCUT2D eigenvalue weighted by atomic mass is 9.94. The molecule has 0 aliphatic carbocycles. The molecule has 3 aliphatic heterocycles.